The van der Waals surface area contributed by atoms with Crippen LogP contribution in [0.2, 0.25) is 0 Å². The number of alkyl halides is 3. The number of hydrogen-bond acceptors (Lipinski definition) is 3. The minimum atomic E-state index is -4.52. The first-order valence-electron chi connectivity index (χ1n) is 6.95. The van der Waals surface area contributed by atoms with Crippen LogP contribution in [0.3, 0.4) is 0 Å². The van der Waals surface area contributed by atoms with Gasteiger partial charge in [-0.3, -0.25) is 9.59 Å². The molecule has 0 aromatic heterocycles. The highest BCUT2D eigenvalue weighted by atomic mass is 19.4. The third kappa shape index (κ3) is 3.31. The number of carbonyl (C=O) groups excluding carboxylic acids is 2. The van der Waals surface area contributed by atoms with Crippen LogP contribution in [0.15, 0.2) is 18.2 Å². The number of carbonyl (C=O) groups is 2. The van der Waals surface area contributed by atoms with Crippen molar-refractivity contribution in [2.24, 2.45) is 5.41 Å². The maximum absolute atomic E-state index is 12.9. The Labute approximate surface area is 126 Å². The van der Waals surface area contributed by atoms with Crippen LogP contribution in [0.1, 0.15) is 40.7 Å². The van der Waals surface area contributed by atoms with E-state index in [2.05, 4.69) is 4.74 Å². The molecule has 2 rings (SSSR count). The predicted molar refractivity (Wildman–Crippen MR) is 73.6 cm³/mol. The minimum Gasteiger partial charge on any atom is -0.469 e. The molecule has 0 heterocycles. The van der Waals surface area contributed by atoms with E-state index in [4.69, 9.17) is 0 Å². The minimum absolute atomic E-state index is 0.00308. The van der Waals surface area contributed by atoms with Gasteiger partial charge in [-0.15, -0.1) is 0 Å². The van der Waals surface area contributed by atoms with Crippen LogP contribution in [-0.4, -0.2) is 25.0 Å². The third-order valence-electron chi connectivity index (χ3n) is 4.11. The van der Waals surface area contributed by atoms with E-state index in [1.807, 2.05) is 13.0 Å². The summed E-state index contributed by atoms with van der Waals surface area (Å²) in [5.41, 5.74) is 0.216. The number of aryl methyl sites for hydroxylation is 2. The summed E-state index contributed by atoms with van der Waals surface area (Å²) in [5.74, 6) is -1.41. The molecular weight excluding hydrogens is 297 g/mol. The Hall–Kier alpha value is -1.85. The summed E-state index contributed by atoms with van der Waals surface area (Å²) in [6, 6.07) is 5.05. The standard InChI is InChI=1S/C16H17F3O3/c1-10-3-4-12-11(7-10)5-6-15(14(12)21,8-13(20)22-2)9-16(17,18)19/h3-4,7H,5-6,8-9H2,1-2H3/t15-/m0/s1. The van der Waals surface area contributed by atoms with Crippen molar-refractivity contribution in [3.63, 3.8) is 0 Å². The molecule has 0 saturated carbocycles. The summed E-state index contributed by atoms with van der Waals surface area (Å²) in [5, 5.41) is 0. The van der Waals surface area contributed by atoms with Crippen molar-refractivity contribution in [3.8, 4) is 0 Å². The molecule has 1 atom stereocenters. The Morgan fingerprint density at radius 3 is 2.64 bits per heavy atom. The molecule has 1 aliphatic rings. The first kappa shape index (κ1) is 16.5. The molecule has 1 aliphatic carbocycles. The summed E-state index contributed by atoms with van der Waals surface area (Å²) in [6.45, 7) is 1.86. The van der Waals surface area contributed by atoms with Gasteiger partial charge in [-0.1, -0.05) is 23.8 Å². The Morgan fingerprint density at radius 1 is 1.36 bits per heavy atom. The van der Waals surface area contributed by atoms with Gasteiger partial charge in [-0.05, 0) is 25.3 Å². The summed E-state index contributed by atoms with van der Waals surface area (Å²) in [7, 11) is 1.11. The zero-order chi connectivity index (χ0) is 16.5. The average molecular weight is 314 g/mol. The van der Waals surface area contributed by atoms with Crippen LogP contribution in [0.4, 0.5) is 13.2 Å². The summed E-state index contributed by atoms with van der Waals surface area (Å²) in [4.78, 5) is 24.2. The summed E-state index contributed by atoms with van der Waals surface area (Å²) >= 11 is 0. The summed E-state index contributed by atoms with van der Waals surface area (Å²) in [6.07, 6.45) is -6.03. The van der Waals surface area contributed by atoms with Crippen LogP contribution < -0.4 is 0 Å². The number of ether oxygens (including phenoxy) is 1. The normalized spacial score (nSPS) is 21.4. The third-order valence-corrected chi connectivity index (χ3v) is 4.11. The Balaban J connectivity index is 2.44. The van der Waals surface area contributed by atoms with Gasteiger partial charge in [0, 0.05) is 5.56 Å². The van der Waals surface area contributed by atoms with Crippen molar-refractivity contribution in [2.45, 2.75) is 38.8 Å². The van der Waals surface area contributed by atoms with E-state index in [0.717, 1.165) is 18.2 Å². The lowest BCUT2D eigenvalue weighted by molar-refractivity contribution is -0.161. The van der Waals surface area contributed by atoms with Crippen LogP contribution in [0, 0.1) is 12.3 Å². The fourth-order valence-electron chi connectivity index (χ4n) is 3.06. The number of benzene rings is 1. The van der Waals surface area contributed by atoms with Crippen LogP contribution >= 0.6 is 0 Å². The van der Waals surface area contributed by atoms with E-state index >= 15 is 0 Å². The number of Topliss-reactive ketones (excluding diaryl/α,β-unsaturated/α-hetero) is 1. The van der Waals surface area contributed by atoms with Crippen molar-refractivity contribution in [2.75, 3.05) is 7.11 Å². The smallest absolute Gasteiger partial charge is 0.390 e. The van der Waals surface area contributed by atoms with E-state index in [1.54, 1.807) is 12.1 Å². The summed E-state index contributed by atoms with van der Waals surface area (Å²) < 4.78 is 43.3. The van der Waals surface area contributed by atoms with E-state index in [1.165, 1.54) is 0 Å². The van der Waals surface area contributed by atoms with Gasteiger partial charge in [0.25, 0.3) is 0 Å². The second kappa shape index (κ2) is 5.74. The quantitative estimate of drug-likeness (QED) is 0.800. The van der Waals surface area contributed by atoms with E-state index in [-0.39, 0.29) is 12.0 Å². The van der Waals surface area contributed by atoms with Crippen molar-refractivity contribution in [3.05, 3.63) is 34.9 Å². The molecular formula is C16H17F3O3. The molecule has 0 aliphatic heterocycles. The lowest BCUT2D eigenvalue weighted by Crippen LogP contribution is -2.41. The first-order chi connectivity index (χ1) is 10.2. The van der Waals surface area contributed by atoms with E-state index < -0.39 is 36.2 Å². The van der Waals surface area contributed by atoms with Crippen molar-refractivity contribution >= 4 is 11.8 Å². The topological polar surface area (TPSA) is 43.4 Å². The highest BCUT2D eigenvalue weighted by Crippen LogP contribution is 2.46. The molecule has 6 heteroatoms. The van der Waals surface area contributed by atoms with Gasteiger partial charge in [0.2, 0.25) is 0 Å². The highest BCUT2D eigenvalue weighted by molar-refractivity contribution is 6.04. The molecule has 0 unspecified atom stereocenters. The molecule has 1 aromatic rings. The number of fused-ring (bicyclic) bond motifs is 1. The van der Waals surface area contributed by atoms with Crippen molar-refractivity contribution < 1.29 is 27.5 Å². The Kier molecular flexibility index (Phi) is 4.31. The van der Waals surface area contributed by atoms with Crippen LogP contribution in [0.25, 0.3) is 0 Å². The van der Waals surface area contributed by atoms with Gasteiger partial charge in [0.05, 0.1) is 25.4 Å². The Bertz CT molecular complexity index is 607. The number of ketones is 1. The number of methoxy groups -OCH3 is 1. The van der Waals surface area contributed by atoms with Gasteiger partial charge >= 0.3 is 12.1 Å². The van der Waals surface area contributed by atoms with E-state index in [9.17, 15) is 22.8 Å². The average Bonchev–Trinajstić information content (AvgIpc) is 2.41. The maximum atomic E-state index is 12.9. The van der Waals surface area contributed by atoms with Gasteiger partial charge in [0.15, 0.2) is 5.78 Å². The fourth-order valence-corrected chi connectivity index (χ4v) is 3.06. The second-order valence-electron chi connectivity index (χ2n) is 5.81. The number of esters is 1. The van der Waals surface area contributed by atoms with Crippen molar-refractivity contribution in [1.82, 2.24) is 0 Å². The molecule has 1 aromatic carbocycles. The van der Waals surface area contributed by atoms with Crippen molar-refractivity contribution in [1.29, 1.82) is 0 Å². The van der Waals surface area contributed by atoms with Gasteiger partial charge < -0.3 is 4.74 Å². The second-order valence-corrected chi connectivity index (χ2v) is 5.81. The van der Waals surface area contributed by atoms with Gasteiger partial charge in [-0.25, -0.2) is 0 Å². The Morgan fingerprint density at radius 2 is 2.05 bits per heavy atom. The predicted octanol–water partition coefficient (Wildman–Crippen LogP) is 3.63. The van der Waals surface area contributed by atoms with E-state index in [0.29, 0.717) is 6.42 Å². The molecule has 3 nitrogen and oxygen atoms in total. The molecule has 0 N–H and O–H groups in total. The molecule has 0 spiro atoms. The maximum Gasteiger partial charge on any atom is 0.390 e. The molecule has 0 saturated heterocycles. The molecule has 120 valence electrons. The molecule has 0 bridgehead atoms. The van der Waals surface area contributed by atoms with Gasteiger partial charge in [-0.2, -0.15) is 13.2 Å². The zero-order valence-corrected chi connectivity index (χ0v) is 12.4. The monoisotopic (exact) mass is 314 g/mol. The first-order valence-corrected chi connectivity index (χ1v) is 6.95. The lowest BCUT2D eigenvalue weighted by atomic mass is 9.66. The van der Waals surface area contributed by atoms with Crippen LogP contribution in [-0.2, 0) is 16.0 Å². The largest absolute Gasteiger partial charge is 0.469 e. The fraction of sp³-hybridized carbons (Fsp3) is 0.500. The highest BCUT2D eigenvalue weighted by Gasteiger charge is 2.51. The SMILES string of the molecule is COC(=O)C[C@]1(CC(F)(F)F)CCc2cc(C)ccc2C1=O. The molecule has 0 fully saturated rings. The van der Waals surface area contributed by atoms with Crippen LogP contribution in [0.5, 0.6) is 0 Å². The number of hydrogen-bond donors (Lipinski definition) is 0. The molecule has 0 radical (unpaired) electrons. The number of halogens is 3. The van der Waals surface area contributed by atoms with Gasteiger partial charge in [0.1, 0.15) is 0 Å². The molecule has 0 amide bonds. The number of rotatable bonds is 3. The lowest BCUT2D eigenvalue weighted by Gasteiger charge is -2.36. The zero-order valence-electron chi connectivity index (χ0n) is 12.4. The molecule has 22 heavy (non-hydrogen) atoms.